The number of amides is 1. The van der Waals surface area contributed by atoms with E-state index in [9.17, 15) is 9.18 Å². The lowest BCUT2D eigenvalue weighted by atomic mass is 9.92. The number of nitrogens with one attached hydrogen (secondary N) is 1. The highest BCUT2D eigenvalue weighted by atomic mass is 19.1. The van der Waals surface area contributed by atoms with Gasteiger partial charge < -0.3 is 11.1 Å². The third-order valence-electron chi connectivity index (χ3n) is 3.03. The van der Waals surface area contributed by atoms with Crippen LogP contribution in [-0.4, -0.2) is 24.5 Å². The first-order chi connectivity index (χ1) is 9.48. The number of benzene rings is 1. The van der Waals surface area contributed by atoms with E-state index < -0.39 is 11.4 Å². The molecule has 0 saturated heterocycles. The van der Waals surface area contributed by atoms with Gasteiger partial charge in [-0.2, -0.15) is 0 Å². The molecule has 0 bridgehead atoms. The van der Waals surface area contributed by atoms with Crippen molar-refractivity contribution in [1.29, 1.82) is 0 Å². The molecule has 1 amide bonds. The molecule has 1 rings (SSSR count). The highest BCUT2D eigenvalue weighted by Crippen LogP contribution is 2.14. The normalized spacial score (nSPS) is 13.3. The van der Waals surface area contributed by atoms with Gasteiger partial charge in [0.25, 0.3) is 0 Å². The number of rotatable bonds is 8. The second-order valence-corrected chi connectivity index (χ2v) is 4.73. The van der Waals surface area contributed by atoms with Gasteiger partial charge in [0.2, 0.25) is 5.91 Å². The first kappa shape index (κ1) is 15.9. The first-order valence-corrected chi connectivity index (χ1v) is 6.28. The minimum absolute atomic E-state index is 0.322. The molecule has 0 radical (unpaired) electrons. The minimum atomic E-state index is -0.922. The molecule has 0 aliphatic rings. The number of nitrogens with zero attached hydrogens (tertiary/aromatic N) is 3. The van der Waals surface area contributed by atoms with Gasteiger partial charge in [-0.05, 0) is 49.5 Å². The van der Waals surface area contributed by atoms with Gasteiger partial charge in [0.05, 0.1) is 5.54 Å². The van der Waals surface area contributed by atoms with Gasteiger partial charge in [-0.15, -0.1) is 0 Å². The van der Waals surface area contributed by atoms with Crippen molar-refractivity contribution in [2.75, 3.05) is 13.1 Å². The predicted molar refractivity (Wildman–Crippen MR) is 74.3 cm³/mol. The van der Waals surface area contributed by atoms with Gasteiger partial charge in [0.1, 0.15) is 5.82 Å². The molecule has 1 atom stereocenters. The Morgan fingerprint density at radius 3 is 2.70 bits per heavy atom. The molecule has 0 heterocycles. The summed E-state index contributed by atoms with van der Waals surface area (Å²) in [6, 6.07) is 5.94. The summed E-state index contributed by atoms with van der Waals surface area (Å²) in [5, 5.41) is 6.48. The van der Waals surface area contributed by atoms with Crippen molar-refractivity contribution in [3.8, 4) is 0 Å². The van der Waals surface area contributed by atoms with E-state index in [0.29, 0.717) is 25.9 Å². The SMILES string of the molecule is CC(Cc1ccc(F)cc1)(NCCCN=[N+]=[N-])C(N)=O. The fourth-order valence-corrected chi connectivity index (χ4v) is 1.81. The Kier molecular flexibility index (Phi) is 5.96. The second-order valence-electron chi connectivity index (χ2n) is 4.73. The molecular weight excluding hydrogens is 261 g/mol. The van der Waals surface area contributed by atoms with Crippen molar-refractivity contribution in [1.82, 2.24) is 5.32 Å². The molecule has 0 fully saturated rings. The largest absolute Gasteiger partial charge is 0.368 e. The molecule has 108 valence electrons. The summed E-state index contributed by atoms with van der Waals surface area (Å²) in [7, 11) is 0. The van der Waals surface area contributed by atoms with Crippen molar-refractivity contribution in [3.63, 3.8) is 0 Å². The third kappa shape index (κ3) is 4.87. The minimum Gasteiger partial charge on any atom is -0.368 e. The molecule has 1 unspecified atom stereocenters. The molecule has 0 spiro atoms. The Morgan fingerprint density at radius 1 is 1.50 bits per heavy atom. The molecule has 3 N–H and O–H groups in total. The predicted octanol–water partition coefficient (Wildman–Crippen LogP) is 1.90. The maximum atomic E-state index is 12.9. The molecule has 0 aromatic heterocycles. The maximum absolute atomic E-state index is 12.9. The zero-order valence-electron chi connectivity index (χ0n) is 11.3. The van der Waals surface area contributed by atoms with Crippen LogP contribution < -0.4 is 11.1 Å². The Balaban J connectivity index is 2.63. The molecule has 1 aromatic carbocycles. The Hall–Kier alpha value is -2.11. The van der Waals surface area contributed by atoms with Crippen molar-refractivity contribution in [2.24, 2.45) is 10.8 Å². The fourth-order valence-electron chi connectivity index (χ4n) is 1.81. The highest BCUT2D eigenvalue weighted by Gasteiger charge is 2.30. The average molecular weight is 279 g/mol. The second kappa shape index (κ2) is 7.47. The van der Waals surface area contributed by atoms with Crippen LogP contribution in [0.2, 0.25) is 0 Å². The Morgan fingerprint density at radius 2 is 2.15 bits per heavy atom. The van der Waals surface area contributed by atoms with Crippen molar-refractivity contribution in [3.05, 3.63) is 46.1 Å². The van der Waals surface area contributed by atoms with Crippen LogP contribution in [0.4, 0.5) is 4.39 Å². The number of nitrogens with two attached hydrogens (primary N) is 1. The summed E-state index contributed by atoms with van der Waals surface area (Å²) in [4.78, 5) is 14.3. The Labute approximate surface area is 116 Å². The van der Waals surface area contributed by atoms with Gasteiger partial charge in [0.15, 0.2) is 0 Å². The average Bonchev–Trinajstić information content (AvgIpc) is 2.41. The van der Waals surface area contributed by atoms with Crippen molar-refractivity contribution in [2.45, 2.75) is 25.3 Å². The summed E-state index contributed by atoms with van der Waals surface area (Å²) in [6.45, 7) is 2.56. The molecule has 0 aliphatic heterocycles. The van der Waals surface area contributed by atoms with E-state index in [1.54, 1.807) is 19.1 Å². The molecule has 0 saturated carbocycles. The Bertz CT molecular complexity index is 498. The van der Waals surface area contributed by atoms with Crippen LogP contribution in [0.25, 0.3) is 10.4 Å². The first-order valence-electron chi connectivity index (χ1n) is 6.28. The number of carbonyl (C=O) groups is 1. The maximum Gasteiger partial charge on any atom is 0.237 e. The fraction of sp³-hybridized carbons (Fsp3) is 0.462. The number of halogens is 1. The smallest absolute Gasteiger partial charge is 0.237 e. The zero-order valence-corrected chi connectivity index (χ0v) is 11.3. The van der Waals surface area contributed by atoms with Crippen LogP contribution in [0.15, 0.2) is 29.4 Å². The van der Waals surface area contributed by atoms with Crippen LogP contribution in [0, 0.1) is 5.82 Å². The summed E-state index contributed by atoms with van der Waals surface area (Å²) >= 11 is 0. The number of primary amides is 1. The van der Waals surface area contributed by atoms with Crippen LogP contribution in [0.1, 0.15) is 18.9 Å². The number of azide groups is 1. The molecule has 0 aliphatic carbocycles. The molecule has 6 nitrogen and oxygen atoms in total. The number of hydrogen-bond acceptors (Lipinski definition) is 3. The number of hydrogen-bond donors (Lipinski definition) is 2. The van der Waals surface area contributed by atoms with E-state index in [-0.39, 0.29) is 5.82 Å². The summed E-state index contributed by atoms with van der Waals surface area (Å²) < 4.78 is 12.9. The standard InChI is InChI=1S/C13H18FN5O/c1-13(12(15)20,17-7-2-8-18-19-16)9-10-3-5-11(14)6-4-10/h3-6,17H,2,7-9H2,1H3,(H2,15,20). The van der Waals surface area contributed by atoms with E-state index in [0.717, 1.165) is 5.56 Å². The van der Waals surface area contributed by atoms with Gasteiger partial charge in [-0.3, -0.25) is 4.79 Å². The van der Waals surface area contributed by atoms with Crippen molar-refractivity contribution >= 4 is 5.91 Å². The summed E-state index contributed by atoms with van der Waals surface area (Å²) in [5.74, 6) is -0.803. The molecule has 7 heteroatoms. The van der Waals surface area contributed by atoms with Crippen LogP contribution >= 0.6 is 0 Å². The number of carbonyl (C=O) groups excluding carboxylic acids is 1. The van der Waals surface area contributed by atoms with E-state index in [1.165, 1.54) is 12.1 Å². The van der Waals surface area contributed by atoms with E-state index in [2.05, 4.69) is 15.3 Å². The van der Waals surface area contributed by atoms with Gasteiger partial charge in [-0.25, -0.2) is 4.39 Å². The third-order valence-corrected chi connectivity index (χ3v) is 3.03. The van der Waals surface area contributed by atoms with Crippen LogP contribution in [-0.2, 0) is 11.2 Å². The monoisotopic (exact) mass is 279 g/mol. The van der Waals surface area contributed by atoms with Gasteiger partial charge in [-0.1, -0.05) is 17.2 Å². The lowest BCUT2D eigenvalue weighted by molar-refractivity contribution is -0.123. The quantitative estimate of drug-likeness (QED) is 0.328. The summed E-state index contributed by atoms with van der Waals surface area (Å²) in [5.41, 5.74) is 13.5. The lowest BCUT2D eigenvalue weighted by Gasteiger charge is -2.27. The van der Waals surface area contributed by atoms with E-state index >= 15 is 0 Å². The zero-order chi connectivity index (χ0) is 15.0. The van der Waals surface area contributed by atoms with E-state index in [4.69, 9.17) is 11.3 Å². The topological polar surface area (TPSA) is 104 Å². The van der Waals surface area contributed by atoms with Gasteiger partial charge >= 0.3 is 0 Å². The molecule has 1 aromatic rings. The molecular formula is C13H18FN5O. The van der Waals surface area contributed by atoms with Gasteiger partial charge in [0, 0.05) is 11.5 Å². The summed E-state index contributed by atoms with van der Waals surface area (Å²) in [6.07, 6.45) is 0.973. The molecule has 20 heavy (non-hydrogen) atoms. The van der Waals surface area contributed by atoms with Crippen molar-refractivity contribution < 1.29 is 9.18 Å². The van der Waals surface area contributed by atoms with E-state index in [1.807, 2.05) is 0 Å². The highest BCUT2D eigenvalue weighted by molar-refractivity contribution is 5.84. The van der Waals surface area contributed by atoms with Crippen LogP contribution in [0.5, 0.6) is 0 Å². The lowest BCUT2D eigenvalue weighted by Crippen LogP contribution is -2.55. The van der Waals surface area contributed by atoms with Crippen LogP contribution in [0.3, 0.4) is 0 Å².